The van der Waals surface area contributed by atoms with E-state index in [-0.39, 0.29) is 23.0 Å². The molecular weight excluding hydrogens is 232 g/mol. The molecule has 2 heterocycles. The predicted molar refractivity (Wildman–Crippen MR) is 68.0 cm³/mol. The Hall–Kier alpha value is -1.06. The fraction of sp³-hybridized carbons (Fsp3) is 0.857. The van der Waals surface area contributed by atoms with Gasteiger partial charge in [-0.2, -0.15) is 0 Å². The SMILES string of the molecule is CCC1(C)CCC(=O)O1.CCC1(C)CCOC1=O. The van der Waals surface area contributed by atoms with Gasteiger partial charge in [0.1, 0.15) is 5.60 Å². The highest BCUT2D eigenvalue weighted by Gasteiger charge is 2.37. The average molecular weight is 256 g/mol. The maximum Gasteiger partial charge on any atom is 0.311 e. The standard InChI is InChI=1S/2C7H12O2/c1-3-7(2)4-5-9-6(7)8;1-3-7(2)5-4-6(8)9-7/h2*3-5H2,1-2H3. The highest BCUT2D eigenvalue weighted by Crippen LogP contribution is 2.32. The monoisotopic (exact) mass is 256 g/mol. The number of rotatable bonds is 2. The Bertz CT molecular complexity index is 326. The molecule has 0 spiro atoms. The van der Waals surface area contributed by atoms with Gasteiger partial charge in [0.05, 0.1) is 12.0 Å². The summed E-state index contributed by atoms with van der Waals surface area (Å²) < 4.78 is 9.88. The van der Waals surface area contributed by atoms with Crippen LogP contribution in [0.25, 0.3) is 0 Å². The average Bonchev–Trinajstić information content (AvgIpc) is 2.86. The van der Waals surface area contributed by atoms with Crippen LogP contribution in [0.5, 0.6) is 0 Å². The van der Waals surface area contributed by atoms with Crippen molar-refractivity contribution in [2.75, 3.05) is 6.61 Å². The molecule has 0 amide bonds. The van der Waals surface area contributed by atoms with Crippen molar-refractivity contribution in [1.29, 1.82) is 0 Å². The second kappa shape index (κ2) is 5.72. The Kier molecular flexibility index (Phi) is 4.77. The molecule has 2 atom stereocenters. The number of carbonyl (C=O) groups excluding carboxylic acids is 2. The van der Waals surface area contributed by atoms with E-state index in [4.69, 9.17) is 9.47 Å². The van der Waals surface area contributed by atoms with Crippen molar-refractivity contribution >= 4 is 11.9 Å². The number of cyclic esters (lactones) is 2. The highest BCUT2D eigenvalue weighted by molar-refractivity contribution is 5.77. The molecule has 0 aromatic rings. The highest BCUT2D eigenvalue weighted by atomic mass is 16.6. The van der Waals surface area contributed by atoms with E-state index < -0.39 is 0 Å². The van der Waals surface area contributed by atoms with Gasteiger partial charge in [-0.3, -0.25) is 9.59 Å². The van der Waals surface area contributed by atoms with E-state index in [0.29, 0.717) is 13.0 Å². The first-order chi connectivity index (χ1) is 8.35. The van der Waals surface area contributed by atoms with Gasteiger partial charge in [0.25, 0.3) is 0 Å². The molecule has 4 heteroatoms. The fourth-order valence-electron chi connectivity index (χ4n) is 1.96. The van der Waals surface area contributed by atoms with Crippen molar-refractivity contribution in [3.63, 3.8) is 0 Å². The molecule has 0 saturated carbocycles. The molecule has 104 valence electrons. The summed E-state index contributed by atoms with van der Waals surface area (Å²) in [6.07, 6.45) is 4.21. The van der Waals surface area contributed by atoms with Crippen LogP contribution < -0.4 is 0 Å². The number of esters is 2. The molecule has 0 bridgehead atoms. The molecule has 0 radical (unpaired) electrons. The summed E-state index contributed by atoms with van der Waals surface area (Å²) in [7, 11) is 0. The zero-order valence-electron chi connectivity index (χ0n) is 11.9. The van der Waals surface area contributed by atoms with Gasteiger partial charge in [0.2, 0.25) is 0 Å². The first-order valence-corrected chi connectivity index (χ1v) is 6.74. The van der Waals surface area contributed by atoms with Gasteiger partial charge in [-0.25, -0.2) is 0 Å². The summed E-state index contributed by atoms with van der Waals surface area (Å²) in [4.78, 5) is 21.5. The lowest BCUT2D eigenvalue weighted by Gasteiger charge is -2.19. The molecule has 2 unspecified atom stereocenters. The Morgan fingerprint density at radius 1 is 1.11 bits per heavy atom. The molecule has 0 aromatic carbocycles. The zero-order chi connectivity index (χ0) is 13.8. The van der Waals surface area contributed by atoms with Gasteiger partial charge in [0, 0.05) is 6.42 Å². The van der Waals surface area contributed by atoms with Crippen LogP contribution >= 0.6 is 0 Å². The first-order valence-electron chi connectivity index (χ1n) is 6.74. The van der Waals surface area contributed by atoms with Gasteiger partial charge in [-0.05, 0) is 39.5 Å². The van der Waals surface area contributed by atoms with Gasteiger partial charge in [0.15, 0.2) is 0 Å². The van der Waals surface area contributed by atoms with Crippen LogP contribution in [0.1, 0.15) is 59.8 Å². The molecule has 0 N–H and O–H groups in total. The molecule has 2 aliphatic rings. The van der Waals surface area contributed by atoms with Crippen LogP contribution in [0.4, 0.5) is 0 Å². The van der Waals surface area contributed by atoms with Crippen LogP contribution in [0, 0.1) is 5.41 Å². The van der Waals surface area contributed by atoms with E-state index >= 15 is 0 Å². The van der Waals surface area contributed by atoms with Gasteiger partial charge < -0.3 is 9.47 Å². The third kappa shape index (κ3) is 3.47. The summed E-state index contributed by atoms with van der Waals surface area (Å²) in [6.45, 7) is 8.62. The quantitative estimate of drug-likeness (QED) is 0.713. The minimum Gasteiger partial charge on any atom is -0.465 e. The number of hydrogen-bond donors (Lipinski definition) is 0. The molecule has 0 aliphatic carbocycles. The maximum absolute atomic E-state index is 10.9. The Balaban J connectivity index is 0.000000180. The molecule has 4 nitrogen and oxygen atoms in total. The number of carbonyl (C=O) groups is 2. The normalized spacial score (nSPS) is 34.7. The summed E-state index contributed by atoms with van der Waals surface area (Å²) in [6, 6.07) is 0. The summed E-state index contributed by atoms with van der Waals surface area (Å²) >= 11 is 0. The van der Waals surface area contributed by atoms with E-state index in [1.54, 1.807) is 0 Å². The van der Waals surface area contributed by atoms with E-state index in [1.165, 1.54) is 0 Å². The maximum atomic E-state index is 10.9. The third-order valence-electron chi connectivity index (χ3n) is 4.13. The second-order valence-electron chi connectivity index (χ2n) is 5.58. The number of hydrogen-bond acceptors (Lipinski definition) is 4. The van der Waals surface area contributed by atoms with Crippen LogP contribution in [-0.2, 0) is 19.1 Å². The van der Waals surface area contributed by atoms with E-state index in [9.17, 15) is 9.59 Å². The minimum atomic E-state index is -0.167. The zero-order valence-corrected chi connectivity index (χ0v) is 11.9. The van der Waals surface area contributed by atoms with E-state index in [0.717, 1.165) is 25.7 Å². The lowest BCUT2D eigenvalue weighted by molar-refractivity contribution is -0.147. The van der Waals surface area contributed by atoms with Crippen LogP contribution in [0.3, 0.4) is 0 Å². The van der Waals surface area contributed by atoms with Crippen molar-refractivity contribution < 1.29 is 19.1 Å². The molecule has 0 aromatic heterocycles. The largest absolute Gasteiger partial charge is 0.465 e. The van der Waals surface area contributed by atoms with Crippen molar-refractivity contribution in [3.05, 3.63) is 0 Å². The van der Waals surface area contributed by atoms with Crippen molar-refractivity contribution in [2.24, 2.45) is 5.41 Å². The van der Waals surface area contributed by atoms with E-state index in [1.807, 2.05) is 27.7 Å². The van der Waals surface area contributed by atoms with Crippen LogP contribution in [-0.4, -0.2) is 24.1 Å². The minimum absolute atomic E-state index is 0.0231. The summed E-state index contributed by atoms with van der Waals surface area (Å²) in [5.74, 6) is -0.0654. The van der Waals surface area contributed by atoms with E-state index in [2.05, 4.69) is 0 Å². The molecule has 18 heavy (non-hydrogen) atoms. The second-order valence-corrected chi connectivity index (χ2v) is 5.58. The predicted octanol–water partition coefficient (Wildman–Crippen LogP) is 2.84. The molecule has 2 rings (SSSR count). The van der Waals surface area contributed by atoms with Crippen molar-refractivity contribution in [3.8, 4) is 0 Å². The Labute approximate surface area is 109 Å². The van der Waals surface area contributed by atoms with Crippen molar-refractivity contribution in [1.82, 2.24) is 0 Å². The molecular formula is C14H24O4. The van der Waals surface area contributed by atoms with Gasteiger partial charge in [-0.15, -0.1) is 0 Å². The first kappa shape index (κ1) is 15.0. The topological polar surface area (TPSA) is 52.6 Å². The van der Waals surface area contributed by atoms with Crippen molar-refractivity contribution in [2.45, 2.75) is 65.4 Å². The lowest BCUT2D eigenvalue weighted by atomic mass is 9.86. The van der Waals surface area contributed by atoms with Crippen LogP contribution in [0.15, 0.2) is 0 Å². The summed E-state index contributed by atoms with van der Waals surface area (Å²) in [5, 5.41) is 0. The Morgan fingerprint density at radius 2 is 1.78 bits per heavy atom. The van der Waals surface area contributed by atoms with Gasteiger partial charge >= 0.3 is 11.9 Å². The molecule has 2 saturated heterocycles. The third-order valence-corrected chi connectivity index (χ3v) is 4.13. The fourth-order valence-corrected chi connectivity index (χ4v) is 1.96. The molecule has 2 fully saturated rings. The molecule has 2 aliphatic heterocycles. The lowest BCUT2D eigenvalue weighted by Crippen LogP contribution is -2.21. The van der Waals surface area contributed by atoms with Gasteiger partial charge in [-0.1, -0.05) is 13.8 Å². The smallest absolute Gasteiger partial charge is 0.311 e. The number of ether oxygens (including phenoxy) is 2. The Morgan fingerprint density at radius 3 is 2.00 bits per heavy atom. The van der Waals surface area contributed by atoms with Crippen LogP contribution in [0.2, 0.25) is 0 Å². The summed E-state index contributed by atoms with van der Waals surface area (Å²) in [5.41, 5.74) is -0.308.